The van der Waals surface area contributed by atoms with Crippen LogP contribution in [0.3, 0.4) is 0 Å². The molecule has 0 unspecified atom stereocenters. The Morgan fingerprint density at radius 2 is 1.72 bits per heavy atom. The molecule has 2 heterocycles. The van der Waals surface area contributed by atoms with E-state index in [-0.39, 0.29) is 0 Å². The number of aryl methyl sites for hydroxylation is 1. The molecule has 0 aliphatic rings. The lowest BCUT2D eigenvalue weighted by atomic mass is 9.87. The third-order valence-corrected chi connectivity index (χ3v) is 7.43. The van der Waals surface area contributed by atoms with E-state index in [0.717, 1.165) is 50.3 Å². The molecular formula is C33H31ClN2O3. The molecule has 2 aromatic heterocycles. The molecule has 5 rings (SSSR count). The molecule has 0 spiro atoms. The first-order valence-corrected chi connectivity index (χ1v) is 13.3. The van der Waals surface area contributed by atoms with Crippen molar-refractivity contribution >= 4 is 28.5 Å². The Hall–Kier alpha value is -4.09. The number of aromatic nitrogens is 2. The van der Waals surface area contributed by atoms with Gasteiger partial charge < -0.3 is 14.4 Å². The molecule has 5 aromatic rings. The van der Waals surface area contributed by atoms with Gasteiger partial charge in [0.15, 0.2) is 0 Å². The minimum absolute atomic E-state index is 0.351. The van der Waals surface area contributed by atoms with Crippen LogP contribution in [0.25, 0.3) is 22.0 Å². The Morgan fingerprint density at radius 3 is 2.38 bits per heavy atom. The fourth-order valence-electron chi connectivity index (χ4n) is 4.79. The van der Waals surface area contributed by atoms with E-state index in [2.05, 4.69) is 40.7 Å². The van der Waals surface area contributed by atoms with Crippen LogP contribution in [0.2, 0.25) is 5.02 Å². The molecule has 0 amide bonds. The third kappa shape index (κ3) is 5.84. The van der Waals surface area contributed by atoms with E-state index < -0.39 is 11.4 Å². The van der Waals surface area contributed by atoms with Gasteiger partial charge in [0, 0.05) is 46.3 Å². The second-order valence-electron chi connectivity index (χ2n) is 10.5. The van der Waals surface area contributed by atoms with Crippen molar-refractivity contribution in [2.45, 2.75) is 40.3 Å². The lowest BCUT2D eigenvalue weighted by Crippen LogP contribution is -2.27. The van der Waals surface area contributed by atoms with Crippen LogP contribution in [0, 0.1) is 12.3 Å². The Morgan fingerprint density at radius 1 is 0.974 bits per heavy atom. The zero-order valence-electron chi connectivity index (χ0n) is 22.3. The summed E-state index contributed by atoms with van der Waals surface area (Å²) >= 11 is 6.10. The highest BCUT2D eigenvalue weighted by molar-refractivity contribution is 6.30. The molecule has 0 aliphatic carbocycles. The molecule has 0 saturated heterocycles. The first-order chi connectivity index (χ1) is 18.7. The van der Waals surface area contributed by atoms with Gasteiger partial charge in [0.05, 0.1) is 11.1 Å². The van der Waals surface area contributed by atoms with E-state index in [4.69, 9.17) is 16.3 Å². The summed E-state index contributed by atoms with van der Waals surface area (Å²) in [6, 6.07) is 28.0. The number of fused-ring (bicyclic) bond motifs is 1. The van der Waals surface area contributed by atoms with Crippen LogP contribution in [-0.2, 0) is 24.4 Å². The van der Waals surface area contributed by atoms with E-state index in [1.807, 2.05) is 66.9 Å². The Kier molecular flexibility index (Phi) is 7.45. The summed E-state index contributed by atoms with van der Waals surface area (Å²) in [5, 5.41) is 11.6. The number of hydrogen-bond acceptors (Lipinski definition) is 3. The molecule has 3 aromatic carbocycles. The second-order valence-corrected chi connectivity index (χ2v) is 11.0. The summed E-state index contributed by atoms with van der Waals surface area (Å²) in [4.78, 5) is 16.6. The number of aliphatic carboxylic acids is 1. The minimum Gasteiger partial charge on any atom is -0.487 e. The van der Waals surface area contributed by atoms with Gasteiger partial charge in [-0.25, -0.2) is 0 Å². The molecule has 0 fully saturated rings. The fraction of sp³-hybridized carbons (Fsp3) is 0.212. The van der Waals surface area contributed by atoms with E-state index in [9.17, 15) is 9.90 Å². The number of ether oxygens (including phenoxy) is 1. The SMILES string of the molecule is Cc1c(CC(C)(C)C(=O)O)n(Cc2ccc(Cl)cc2)c2ccc(OCc3ccc(-c4ccccc4)cn3)cc12. The van der Waals surface area contributed by atoms with Crippen molar-refractivity contribution in [1.29, 1.82) is 0 Å². The monoisotopic (exact) mass is 538 g/mol. The Balaban J connectivity index is 1.43. The molecule has 0 aliphatic heterocycles. The first kappa shape index (κ1) is 26.5. The third-order valence-electron chi connectivity index (χ3n) is 7.18. The molecule has 39 heavy (non-hydrogen) atoms. The van der Waals surface area contributed by atoms with Crippen molar-refractivity contribution in [3.05, 3.63) is 119 Å². The van der Waals surface area contributed by atoms with Crippen LogP contribution >= 0.6 is 11.6 Å². The number of benzene rings is 3. The van der Waals surface area contributed by atoms with Gasteiger partial charge in [0.25, 0.3) is 0 Å². The standard InChI is InChI=1S/C33H31ClN2O3/c1-22-29-17-28(39-21-27-14-11-25(19-35-27)24-7-5-4-6-8-24)15-16-30(29)36(20-23-9-12-26(34)13-10-23)31(22)18-33(2,3)32(37)38/h4-17,19H,18,20-21H2,1-3H3,(H,37,38). The van der Waals surface area contributed by atoms with E-state index in [1.54, 1.807) is 13.8 Å². The highest BCUT2D eigenvalue weighted by Gasteiger charge is 2.30. The molecular weight excluding hydrogens is 508 g/mol. The summed E-state index contributed by atoms with van der Waals surface area (Å²) in [7, 11) is 0. The van der Waals surface area contributed by atoms with Gasteiger partial charge in [0.1, 0.15) is 12.4 Å². The van der Waals surface area contributed by atoms with Crippen molar-refractivity contribution in [2.24, 2.45) is 5.41 Å². The topological polar surface area (TPSA) is 64.3 Å². The van der Waals surface area contributed by atoms with Crippen LogP contribution in [0.5, 0.6) is 5.75 Å². The van der Waals surface area contributed by atoms with Crippen LogP contribution in [0.15, 0.2) is 91.1 Å². The summed E-state index contributed by atoms with van der Waals surface area (Å²) in [6.07, 6.45) is 2.28. The zero-order chi connectivity index (χ0) is 27.6. The van der Waals surface area contributed by atoms with E-state index in [1.165, 1.54) is 0 Å². The molecule has 0 atom stereocenters. The molecule has 6 heteroatoms. The predicted molar refractivity (Wildman–Crippen MR) is 156 cm³/mol. The van der Waals surface area contributed by atoms with Crippen LogP contribution in [0.1, 0.15) is 36.4 Å². The summed E-state index contributed by atoms with van der Waals surface area (Å²) < 4.78 is 8.35. The minimum atomic E-state index is -0.909. The van der Waals surface area contributed by atoms with Gasteiger partial charge in [-0.15, -0.1) is 0 Å². The first-order valence-electron chi connectivity index (χ1n) is 12.9. The quantitative estimate of drug-likeness (QED) is 0.207. The van der Waals surface area contributed by atoms with Crippen molar-refractivity contribution in [1.82, 2.24) is 9.55 Å². The smallest absolute Gasteiger partial charge is 0.309 e. The van der Waals surface area contributed by atoms with Crippen LogP contribution < -0.4 is 4.74 Å². The average Bonchev–Trinajstić information content (AvgIpc) is 3.19. The Bertz CT molecular complexity index is 1610. The summed E-state index contributed by atoms with van der Waals surface area (Å²) in [6.45, 7) is 6.56. The van der Waals surface area contributed by atoms with E-state index in [0.29, 0.717) is 24.6 Å². The largest absolute Gasteiger partial charge is 0.487 e. The van der Waals surface area contributed by atoms with Crippen molar-refractivity contribution in [3.63, 3.8) is 0 Å². The van der Waals surface area contributed by atoms with Crippen LogP contribution in [-0.4, -0.2) is 20.6 Å². The van der Waals surface area contributed by atoms with Gasteiger partial charge >= 0.3 is 5.97 Å². The normalized spacial score (nSPS) is 11.6. The number of carboxylic acids is 1. The van der Waals surface area contributed by atoms with Gasteiger partial charge in [-0.3, -0.25) is 9.78 Å². The number of halogens is 1. The maximum absolute atomic E-state index is 12.0. The predicted octanol–water partition coefficient (Wildman–Crippen LogP) is 7.95. The van der Waals surface area contributed by atoms with Crippen molar-refractivity contribution < 1.29 is 14.6 Å². The van der Waals surface area contributed by atoms with Crippen LogP contribution in [0.4, 0.5) is 0 Å². The summed E-state index contributed by atoms with van der Waals surface area (Å²) in [5.74, 6) is -0.0766. The molecule has 0 radical (unpaired) electrons. The summed E-state index contributed by atoms with van der Waals surface area (Å²) in [5.41, 5.74) is 6.32. The van der Waals surface area contributed by atoms with Gasteiger partial charge in [-0.1, -0.05) is 60.1 Å². The zero-order valence-corrected chi connectivity index (χ0v) is 23.1. The Labute approximate surface area is 233 Å². The molecule has 1 N–H and O–H groups in total. The number of pyridine rings is 1. The molecule has 0 saturated carbocycles. The number of carboxylic acid groups (broad SMARTS) is 1. The van der Waals surface area contributed by atoms with Crippen molar-refractivity contribution in [3.8, 4) is 16.9 Å². The second kappa shape index (κ2) is 11.0. The van der Waals surface area contributed by atoms with E-state index >= 15 is 0 Å². The number of hydrogen-bond donors (Lipinski definition) is 1. The molecule has 5 nitrogen and oxygen atoms in total. The number of carbonyl (C=O) groups is 1. The number of rotatable bonds is 9. The average molecular weight is 539 g/mol. The maximum atomic E-state index is 12.0. The van der Waals surface area contributed by atoms with Gasteiger partial charge in [0.2, 0.25) is 0 Å². The highest BCUT2D eigenvalue weighted by Crippen LogP contribution is 2.34. The number of nitrogens with zero attached hydrogens (tertiary/aromatic N) is 2. The lowest BCUT2D eigenvalue weighted by Gasteiger charge is -2.21. The van der Waals surface area contributed by atoms with Gasteiger partial charge in [-0.2, -0.15) is 0 Å². The van der Waals surface area contributed by atoms with Gasteiger partial charge in [-0.05, 0) is 73.9 Å². The fourth-order valence-corrected chi connectivity index (χ4v) is 4.91. The maximum Gasteiger partial charge on any atom is 0.309 e. The highest BCUT2D eigenvalue weighted by atomic mass is 35.5. The lowest BCUT2D eigenvalue weighted by molar-refractivity contribution is -0.146. The molecule has 198 valence electrons. The van der Waals surface area contributed by atoms with Crippen molar-refractivity contribution in [2.75, 3.05) is 0 Å². The molecule has 0 bridgehead atoms.